The molecule has 3 aromatic rings. The molecular weight excluding hydrogens is 431 g/mol. The quantitative estimate of drug-likeness (QED) is 0.567. The minimum absolute atomic E-state index is 0.00404. The zero-order chi connectivity index (χ0) is 23.9. The van der Waals surface area contributed by atoms with Gasteiger partial charge >= 0.3 is 0 Å². The van der Waals surface area contributed by atoms with E-state index in [1.165, 1.54) is 12.1 Å². The number of nitrogens with one attached hydrogen (secondary N) is 1. The third-order valence-electron chi connectivity index (χ3n) is 6.37. The van der Waals surface area contributed by atoms with Crippen LogP contribution < -0.4 is 10.1 Å². The number of piperidine rings is 1. The number of likely N-dealkylation sites (tertiary alicyclic amines) is 1. The number of hydrogen-bond donors (Lipinski definition) is 1. The average Bonchev–Trinajstić information content (AvgIpc) is 2.89. The van der Waals surface area contributed by atoms with Gasteiger partial charge in [0.05, 0.1) is 18.6 Å². The number of benzene rings is 3. The van der Waals surface area contributed by atoms with Gasteiger partial charge in [-0.05, 0) is 42.2 Å². The summed E-state index contributed by atoms with van der Waals surface area (Å²) in [6, 6.07) is 23.6. The molecule has 2 amide bonds. The van der Waals surface area contributed by atoms with Crippen LogP contribution in [0.4, 0.5) is 4.39 Å². The number of rotatable bonds is 7. The van der Waals surface area contributed by atoms with E-state index in [-0.39, 0.29) is 35.8 Å². The summed E-state index contributed by atoms with van der Waals surface area (Å²) in [4.78, 5) is 27.9. The fourth-order valence-electron chi connectivity index (χ4n) is 4.60. The van der Waals surface area contributed by atoms with Gasteiger partial charge in [-0.2, -0.15) is 0 Å². The van der Waals surface area contributed by atoms with Crippen LogP contribution in [0.2, 0.25) is 0 Å². The van der Waals surface area contributed by atoms with Crippen LogP contribution >= 0.6 is 0 Å². The van der Waals surface area contributed by atoms with Gasteiger partial charge in [-0.1, -0.05) is 60.7 Å². The molecule has 1 heterocycles. The van der Waals surface area contributed by atoms with Crippen LogP contribution in [0.5, 0.6) is 5.75 Å². The smallest absolute Gasteiger partial charge is 0.256 e. The Labute approximate surface area is 199 Å². The number of amides is 2. The molecular formula is C28H29FN2O3. The van der Waals surface area contributed by atoms with Crippen LogP contribution in [-0.2, 0) is 11.2 Å². The van der Waals surface area contributed by atoms with Gasteiger partial charge in [0.15, 0.2) is 0 Å². The Balaban J connectivity index is 1.48. The first-order valence-electron chi connectivity index (χ1n) is 11.5. The number of methoxy groups -OCH3 is 1. The molecule has 1 N–H and O–H groups in total. The number of halogens is 1. The number of para-hydroxylation sites is 1. The van der Waals surface area contributed by atoms with Gasteiger partial charge in [0.1, 0.15) is 11.6 Å². The molecule has 0 aromatic heterocycles. The standard InChI is InChI=1S/C28H29FN2O3/c1-34-26-14-8-5-11-21(26)15-16-30-27(32)23-17-22(20-9-3-2-4-10-20)18-31(19-23)28(33)24-12-6-7-13-25(24)29/h2-14,22-23H,15-19H2,1H3,(H,30,32). The summed E-state index contributed by atoms with van der Waals surface area (Å²) in [7, 11) is 1.63. The fourth-order valence-corrected chi connectivity index (χ4v) is 4.60. The Bertz CT molecular complexity index is 1140. The van der Waals surface area contributed by atoms with Crippen molar-refractivity contribution in [2.75, 3.05) is 26.7 Å². The molecule has 4 rings (SSSR count). The third kappa shape index (κ3) is 5.45. The molecule has 0 bridgehead atoms. The van der Waals surface area contributed by atoms with Crippen LogP contribution in [-0.4, -0.2) is 43.5 Å². The van der Waals surface area contributed by atoms with E-state index in [4.69, 9.17) is 4.74 Å². The zero-order valence-corrected chi connectivity index (χ0v) is 19.2. The number of nitrogens with zero attached hydrogens (tertiary/aromatic N) is 1. The van der Waals surface area contributed by atoms with Crippen LogP contribution in [0.15, 0.2) is 78.9 Å². The zero-order valence-electron chi connectivity index (χ0n) is 19.2. The average molecular weight is 461 g/mol. The highest BCUT2D eigenvalue weighted by molar-refractivity contribution is 5.95. The number of hydrogen-bond acceptors (Lipinski definition) is 3. The Kier molecular flexibility index (Phi) is 7.58. The highest BCUT2D eigenvalue weighted by atomic mass is 19.1. The molecule has 1 aliphatic rings. The molecule has 3 aromatic carbocycles. The first-order chi connectivity index (χ1) is 16.6. The monoisotopic (exact) mass is 460 g/mol. The lowest BCUT2D eigenvalue weighted by molar-refractivity contribution is -0.126. The predicted octanol–water partition coefficient (Wildman–Crippen LogP) is 4.44. The molecule has 6 heteroatoms. The summed E-state index contributed by atoms with van der Waals surface area (Å²) in [5.41, 5.74) is 2.12. The summed E-state index contributed by atoms with van der Waals surface area (Å²) in [5.74, 6) is -0.622. The molecule has 2 atom stereocenters. The number of carbonyl (C=O) groups excluding carboxylic acids is 2. The molecule has 5 nitrogen and oxygen atoms in total. The summed E-state index contributed by atoms with van der Waals surface area (Å²) in [6.45, 7) is 1.17. The lowest BCUT2D eigenvalue weighted by Crippen LogP contribution is -2.48. The fraction of sp³-hybridized carbons (Fsp3) is 0.286. The van der Waals surface area contributed by atoms with Crippen LogP contribution in [0, 0.1) is 11.7 Å². The SMILES string of the molecule is COc1ccccc1CCNC(=O)C1CC(c2ccccc2)CN(C(=O)c2ccccc2F)C1. The minimum atomic E-state index is -0.549. The van der Waals surface area contributed by atoms with Crippen molar-refractivity contribution in [3.8, 4) is 5.75 Å². The van der Waals surface area contributed by atoms with E-state index in [0.29, 0.717) is 25.9 Å². The molecule has 176 valence electrons. The van der Waals surface area contributed by atoms with Crippen molar-refractivity contribution in [2.24, 2.45) is 5.92 Å². The van der Waals surface area contributed by atoms with E-state index in [2.05, 4.69) is 5.32 Å². The van der Waals surface area contributed by atoms with E-state index in [9.17, 15) is 14.0 Å². The molecule has 34 heavy (non-hydrogen) atoms. The summed E-state index contributed by atoms with van der Waals surface area (Å²) in [5, 5.41) is 3.03. The molecule has 1 aliphatic heterocycles. The van der Waals surface area contributed by atoms with Crippen molar-refractivity contribution in [3.05, 3.63) is 101 Å². The van der Waals surface area contributed by atoms with Crippen molar-refractivity contribution in [3.63, 3.8) is 0 Å². The minimum Gasteiger partial charge on any atom is -0.496 e. The van der Waals surface area contributed by atoms with Crippen molar-refractivity contribution in [1.29, 1.82) is 0 Å². The summed E-state index contributed by atoms with van der Waals surface area (Å²) >= 11 is 0. The molecule has 0 saturated carbocycles. The summed E-state index contributed by atoms with van der Waals surface area (Å²) in [6.07, 6.45) is 1.27. The van der Waals surface area contributed by atoms with Crippen molar-refractivity contribution < 1.29 is 18.7 Å². The molecule has 1 saturated heterocycles. The molecule has 1 fully saturated rings. The lowest BCUT2D eigenvalue weighted by Gasteiger charge is -2.37. The van der Waals surface area contributed by atoms with Gasteiger partial charge in [0, 0.05) is 25.6 Å². The number of ether oxygens (including phenoxy) is 1. The predicted molar refractivity (Wildman–Crippen MR) is 129 cm³/mol. The van der Waals surface area contributed by atoms with Gasteiger partial charge in [-0.15, -0.1) is 0 Å². The highest BCUT2D eigenvalue weighted by Gasteiger charge is 2.35. The number of carbonyl (C=O) groups is 2. The van der Waals surface area contributed by atoms with Gasteiger partial charge < -0.3 is 15.0 Å². The Morgan fingerprint density at radius 2 is 1.68 bits per heavy atom. The normalized spacial score (nSPS) is 17.8. The third-order valence-corrected chi connectivity index (χ3v) is 6.37. The van der Waals surface area contributed by atoms with E-state index in [1.54, 1.807) is 24.1 Å². The van der Waals surface area contributed by atoms with E-state index in [0.717, 1.165) is 16.9 Å². The maximum absolute atomic E-state index is 14.3. The first-order valence-corrected chi connectivity index (χ1v) is 11.5. The second-order valence-corrected chi connectivity index (χ2v) is 8.58. The molecule has 2 unspecified atom stereocenters. The van der Waals surface area contributed by atoms with E-state index < -0.39 is 5.82 Å². The maximum Gasteiger partial charge on any atom is 0.256 e. The van der Waals surface area contributed by atoms with Crippen molar-refractivity contribution in [2.45, 2.75) is 18.8 Å². The maximum atomic E-state index is 14.3. The van der Waals surface area contributed by atoms with Gasteiger partial charge in [0.25, 0.3) is 5.91 Å². The van der Waals surface area contributed by atoms with Crippen LogP contribution in [0.25, 0.3) is 0 Å². The second kappa shape index (κ2) is 11.0. The van der Waals surface area contributed by atoms with Gasteiger partial charge in [0.2, 0.25) is 5.91 Å². The largest absolute Gasteiger partial charge is 0.496 e. The van der Waals surface area contributed by atoms with E-state index in [1.807, 2.05) is 54.6 Å². The Morgan fingerprint density at radius 1 is 0.971 bits per heavy atom. The second-order valence-electron chi connectivity index (χ2n) is 8.58. The molecule has 0 spiro atoms. The molecule has 0 radical (unpaired) electrons. The van der Waals surface area contributed by atoms with Crippen molar-refractivity contribution >= 4 is 11.8 Å². The van der Waals surface area contributed by atoms with E-state index >= 15 is 0 Å². The summed E-state index contributed by atoms with van der Waals surface area (Å²) < 4.78 is 19.7. The highest BCUT2D eigenvalue weighted by Crippen LogP contribution is 2.31. The lowest BCUT2D eigenvalue weighted by atomic mass is 9.83. The van der Waals surface area contributed by atoms with Gasteiger partial charge in [-0.3, -0.25) is 9.59 Å². The molecule has 0 aliphatic carbocycles. The van der Waals surface area contributed by atoms with Crippen molar-refractivity contribution in [1.82, 2.24) is 10.2 Å². The first kappa shape index (κ1) is 23.5. The Hall–Kier alpha value is -3.67. The van der Waals surface area contributed by atoms with Crippen LogP contribution in [0.3, 0.4) is 0 Å². The Morgan fingerprint density at radius 3 is 2.44 bits per heavy atom. The van der Waals surface area contributed by atoms with Crippen LogP contribution in [0.1, 0.15) is 33.8 Å². The van der Waals surface area contributed by atoms with Gasteiger partial charge in [-0.25, -0.2) is 4.39 Å². The topological polar surface area (TPSA) is 58.6 Å².